The molecule has 0 atom stereocenters. The Kier molecular flexibility index (Phi) is 8.94. The fourth-order valence-electron chi connectivity index (χ4n) is 11.8. The van der Waals surface area contributed by atoms with E-state index in [4.69, 9.17) is 4.42 Å². The Labute approximate surface area is 409 Å². The molecular formula is C64H66BN3O. The summed E-state index contributed by atoms with van der Waals surface area (Å²) in [7, 11) is 0. The summed E-state index contributed by atoms with van der Waals surface area (Å²) in [6.07, 6.45) is 2.01. The van der Waals surface area contributed by atoms with Crippen LogP contribution in [0.3, 0.4) is 0 Å². The summed E-state index contributed by atoms with van der Waals surface area (Å²) in [5, 5.41) is 6.27. The van der Waals surface area contributed by atoms with Crippen LogP contribution in [0.1, 0.15) is 132 Å². The quantitative estimate of drug-likeness (QED) is 0.162. The van der Waals surface area contributed by atoms with Crippen molar-refractivity contribution < 1.29 is 4.42 Å². The van der Waals surface area contributed by atoms with E-state index in [0.717, 1.165) is 22.3 Å². The summed E-state index contributed by atoms with van der Waals surface area (Å²) >= 11 is 0. The van der Waals surface area contributed by atoms with E-state index in [-0.39, 0.29) is 33.8 Å². The number of aromatic nitrogens is 1. The van der Waals surface area contributed by atoms with Crippen LogP contribution in [0.4, 0.5) is 34.1 Å². The van der Waals surface area contributed by atoms with Gasteiger partial charge in [-0.25, -0.2) is 0 Å². The van der Waals surface area contributed by atoms with Crippen molar-refractivity contribution in [2.24, 2.45) is 0 Å². The Morgan fingerprint density at radius 3 is 1.35 bits per heavy atom. The smallest absolute Gasteiger partial charge is 0.252 e. The van der Waals surface area contributed by atoms with Gasteiger partial charge in [0.05, 0.1) is 33.6 Å². The van der Waals surface area contributed by atoms with E-state index in [2.05, 4.69) is 239 Å². The minimum atomic E-state index is -0.0798. The minimum absolute atomic E-state index is 0.00861. The van der Waals surface area contributed by atoms with Gasteiger partial charge in [-0.1, -0.05) is 165 Å². The third-order valence-electron chi connectivity index (χ3n) is 15.7. The lowest BCUT2D eigenvalue weighted by Gasteiger charge is -2.45. The number of furan rings is 1. The van der Waals surface area contributed by atoms with Gasteiger partial charge in [0, 0.05) is 44.0 Å². The van der Waals surface area contributed by atoms with Crippen molar-refractivity contribution in [2.75, 3.05) is 9.80 Å². The van der Waals surface area contributed by atoms with Crippen LogP contribution in [0.15, 0.2) is 132 Å². The molecule has 0 radical (unpaired) electrons. The van der Waals surface area contributed by atoms with Gasteiger partial charge in [0.15, 0.2) is 0 Å². The van der Waals surface area contributed by atoms with Crippen molar-refractivity contribution in [3.63, 3.8) is 0 Å². The van der Waals surface area contributed by atoms with Gasteiger partial charge in [-0.2, -0.15) is 0 Å². The lowest BCUT2D eigenvalue weighted by Crippen LogP contribution is -2.61. The molecule has 4 nitrogen and oxygen atoms in total. The molecule has 346 valence electrons. The minimum Gasteiger partial charge on any atom is -0.462 e. The summed E-state index contributed by atoms with van der Waals surface area (Å²) in [5.74, 6) is 0. The van der Waals surface area contributed by atoms with Crippen LogP contribution >= 0.6 is 0 Å². The van der Waals surface area contributed by atoms with Gasteiger partial charge in [0.1, 0.15) is 11.8 Å². The van der Waals surface area contributed by atoms with Gasteiger partial charge in [-0.3, -0.25) is 0 Å². The number of para-hydroxylation sites is 1. The zero-order chi connectivity index (χ0) is 48.6. The van der Waals surface area contributed by atoms with Crippen molar-refractivity contribution in [1.82, 2.24) is 4.40 Å². The van der Waals surface area contributed by atoms with Gasteiger partial charge in [0.25, 0.3) is 6.71 Å². The molecule has 0 amide bonds. The van der Waals surface area contributed by atoms with E-state index in [0.29, 0.717) is 0 Å². The van der Waals surface area contributed by atoms with E-state index < -0.39 is 0 Å². The number of nitrogens with zero attached hydrogens (tertiary/aromatic N) is 3. The van der Waals surface area contributed by atoms with Gasteiger partial charge < -0.3 is 18.6 Å². The molecule has 7 aromatic carbocycles. The number of benzene rings is 7. The second kappa shape index (κ2) is 14.1. The third-order valence-corrected chi connectivity index (χ3v) is 15.7. The molecule has 0 bridgehead atoms. The lowest BCUT2D eigenvalue weighted by atomic mass is 9.33. The summed E-state index contributed by atoms with van der Waals surface area (Å²) < 4.78 is 9.20. The van der Waals surface area contributed by atoms with Crippen molar-refractivity contribution in [3.8, 4) is 0 Å². The van der Waals surface area contributed by atoms with Crippen molar-refractivity contribution >= 4 is 106 Å². The summed E-state index contributed by atoms with van der Waals surface area (Å²) in [4.78, 5) is 5.27. The topological polar surface area (TPSA) is 24.0 Å². The van der Waals surface area contributed by atoms with Crippen molar-refractivity contribution in [1.29, 1.82) is 0 Å². The fraction of sp³-hybridized carbons (Fsp3) is 0.312. The highest BCUT2D eigenvalue weighted by molar-refractivity contribution is 7.01. The van der Waals surface area contributed by atoms with Crippen LogP contribution in [-0.2, 0) is 27.1 Å². The molecule has 12 rings (SSSR count). The first kappa shape index (κ1) is 43.8. The molecule has 0 unspecified atom stereocenters. The average Bonchev–Trinajstić information content (AvgIpc) is 3.96. The Morgan fingerprint density at radius 2 is 0.841 bits per heavy atom. The Hall–Kier alpha value is -6.46. The zero-order valence-electron chi connectivity index (χ0n) is 43.5. The maximum Gasteiger partial charge on any atom is 0.252 e. The van der Waals surface area contributed by atoms with Crippen LogP contribution < -0.4 is 26.2 Å². The van der Waals surface area contributed by atoms with Gasteiger partial charge in [0.2, 0.25) is 0 Å². The molecular weight excluding hydrogens is 838 g/mol. The van der Waals surface area contributed by atoms with E-state index in [1.54, 1.807) is 0 Å². The van der Waals surface area contributed by atoms with Crippen LogP contribution in [0, 0.1) is 0 Å². The highest BCUT2D eigenvalue weighted by Gasteiger charge is 2.48. The molecule has 0 fully saturated rings. The summed E-state index contributed by atoms with van der Waals surface area (Å²) in [6, 6.07) is 47.5. The van der Waals surface area contributed by atoms with Gasteiger partial charge in [-0.15, -0.1) is 0 Å². The molecule has 0 spiro atoms. The molecule has 0 aliphatic carbocycles. The lowest BCUT2D eigenvalue weighted by molar-refractivity contribution is 0.590. The molecule has 5 heterocycles. The Balaban J connectivity index is 1.38. The van der Waals surface area contributed by atoms with Crippen LogP contribution in [0.5, 0.6) is 0 Å². The highest BCUT2D eigenvalue weighted by Crippen LogP contribution is 2.56. The monoisotopic (exact) mass is 904 g/mol. The normalized spacial score (nSPS) is 14.5. The first-order valence-corrected chi connectivity index (χ1v) is 25.2. The number of fused-ring (bicyclic) bond motifs is 13. The zero-order valence-corrected chi connectivity index (χ0v) is 43.5. The van der Waals surface area contributed by atoms with Crippen LogP contribution in [0.25, 0.3) is 49.1 Å². The molecule has 69 heavy (non-hydrogen) atoms. The van der Waals surface area contributed by atoms with Crippen LogP contribution in [0.2, 0.25) is 0 Å². The fourth-order valence-corrected chi connectivity index (χ4v) is 11.8. The standard InChI is InChI=1S/C64H66BN3O/c1-60(2,3)37-20-26-42(27-21-37)66-50-30-24-40(63(10,11)12)34-46(50)65-47-35-41(64(13,14)15)25-31-51(47)68(52-36-69-53-19-17-16-18-43(52)53)59-55-45-33-39(62(7,8)9)23-29-49(45)67-48-28-22-38(61(4,5)6)32-44(48)54(57(55)67)58(66)56(59)65/h16-36H,1-15H3. The number of hydrogen-bond acceptors (Lipinski definition) is 3. The predicted octanol–water partition coefficient (Wildman–Crippen LogP) is 16.2. The first-order chi connectivity index (χ1) is 32.4. The molecule has 0 saturated heterocycles. The number of hydrogen-bond donors (Lipinski definition) is 0. The Morgan fingerprint density at radius 1 is 0.406 bits per heavy atom. The maximum absolute atomic E-state index is 6.59. The molecule has 0 saturated carbocycles. The third kappa shape index (κ3) is 6.34. The second-order valence-corrected chi connectivity index (χ2v) is 25.6. The molecule has 3 aromatic heterocycles. The van der Waals surface area contributed by atoms with E-state index in [1.165, 1.54) is 105 Å². The van der Waals surface area contributed by atoms with E-state index in [9.17, 15) is 0 Å². The van der Waals surface area contributed by atoms with E-state index in [1.807, 2.05) is 6.26 Å². The average molecular weight is 904 g/mol. The van der Waals surface area contributed by atoms with Crippen molar-refractivity contribution in [2.45, 2.75) is 131 Å². The molecule has 5 heteroatoms. The Bertz CT molecular complexity index is 3750. The SMILES string of the molecule is CC(C)(C)c1ccc(N2c3ccc(C(C)(C)C)cc3B3c4cc(C(C)(C)C)ccc4N(c4coc5ccccc45)c4c3c2c2c3cc(C(C)(C)C)ccc3n3c5ccc(C(C)(C)C)cc5c4c23)cc1. The maximum atomic E-state index is 6.59. The molecule has 0 N–H and O–H groups in total. The summed E-state index contributed by atoms with van der Waals surface area (Å²) in [5.41, 5.74) is 22.2. The first-order valence-electron chi connectivity index (χ1n) is 25.2. The van der Waals surface area contributed by atoms with E-state index >= 15 is 0 Å². The number of anilines is 6. The summed E-state index contributed by atoms with van der Waals surface area (Å²) in [6.45, 7) is 35.0. The molecule has 2 aliphatic heterocycles. The molecule has 10 aromatic rings. The predicted molar refractivity (Wildman–Crippen MR) is 298 cm³/mol. The van der Waals surface area contributed by atoms with Crippen molar-refractivity contribution in [3.05, 3.63) is 155 Å². The molecule has 2 aliphatic rings. The van der Waals surface area contributed by atoms with Gasteiger partial charge in [-0.05, 0) is 132 Å². The van der Waals surface area contributed by atoms with Gasteiger partial charge >= 0.3 is 0 Å². The largest absolute Gasteiger partial charge is 0.462 e. The number of rotatable bonds is 2. The van der Waals surface area contributed by atoms with Crippen LogP contribution in [-0.4, -0.2) is 11.1 Å². The second-order valence-electron chi connectivity index (χ2n) is 25.6. The highest BCUT2D eigenvalue weighted by atomic mass is 16.3.